The van der Waals surface area contributed by atoms with E-state index in [9.17, 15) is 4.79 Å². The van der Waals surface area contributed by atoms with Crippen LogP contribution in [0.1, 0.15) is 23.0 Å². The number of nitrogen functional groups attached to an aromatic ring is 1. The van der Waals surface area contributed by atoms with Crippen LogP contribution in [0.15, 0.2) is 28.9 Å². The molecule has 2 N–H and O–H groups in total. The molecule has 1 aliphatic rings. The van der Waals surface area contributed by atoms with Gasteiger partial charge in [0.1, 0.15) is 5.82 Å². The summed E-state index contributed by atoms with van der Waals surface area (Å²) in [7, 11) is 0. The first-order valence-corrected chi connectivity index (χ1v) is 7.77. The minimum absolute atomic E-state index is 0.0439. The van der Waals surface area contributed by atoms with E-state index >= 15 is 0 Å². The first kappa shape index (κ1) is 15.5. The Kier molecular flexibility index (Phi) is 4.57. The van der Waals surface area contributed by atoms with E-state index in [1.54, 1.807) is 19.2 Å². The highest BCUT2D eigenvalue weighted by atomic mass is 16.5. The summed E-state index contributed by atoms with van der Waals surface area (Å²) in [6, 6.07) is 5.54. The summed E-state index contributed by atoms with van der Waals surface area (Å²) in [5.41, 5.74) is 7.07. The van der Waals surface area contributed by atoms with Gasteiger partial charge >= 0.3 is 0 Å². The van der Waals surface area contributed by atoms with Gasteiger partial charge in [0.2, 0.25) is 5.88 Å². The second-order valence-corrected chi connectivity index (χ2v) is 5.76. The highest BCUT2D eigenvalue weighted by molar-refractivity contribution is 5.93. The molecule has 0 radical (unpaired) electrons. The Bertz CT molecular complexity index is 659. The van der Waals surface area contributed by atoms with Crippen LogP contribution in [0, 0.1) is 0 Å². The van der Waals surface area contributed by atoms with Crippen molar-refractivity contribution in [1.82, 2.24) is 15.0 Å². The Hall–Kier alpha value is -2.41. The zero-order valence-corrected chi connectivity index (χ0v) is 13.2. The van der Waals surface area contributed by atoms with Crippen LogP contribution in [0.25, 0.3) is 0 Å². The van der Waals surface area contributed by atoms with E-state index in [0.717, 1.165) is 50.7 Å². The number of Topliss-reactive ketones (excluding diaryl/α,β-unsaturated/α-hetero) is 1. The smallest absolute Gasteiger partial charge is 0.222 e. The number of pyridine rings is 1. The van der Waals surface area contributed by atoms with Gasteiger partial charge in [0.25, 0.3) is 0 Å². The van der Waals surface area contributed by atoms with E-state index in [2.05, 4.69) is 19.9 Å². The summed E-state index contributed by atoms with van der Waals surface area (Å²) in [5, 5.41) is 3.91. The molecule has 0 spiro atoms. The number of piperazine rings is 1. The summed E-state index contributed by atoms with van der Waals surface area (Å²) in [6.07, 6.45) is 2.49. The molecular formula is C16H21N5O2. The van der Waals surface area contributed by atoms with Gasteiger partial charge in [-0.1, -0.05) is 5.16 Å². The monoisotopic (exact) mass is 315 g/mol. The first-order valence-electron chi connectivity index (χ1n) is 7.77. The van der Waals surface area contributed by atoms with Crippen LogP contribution in [0.4, 0.5) is 11.7 Å². The molecule has 3 heterocycles. The molecule has 7 heteroatoms. The maximum Gasteiger partial charge on any atom is 0.222 e. The lowest BCUT2D eigenvalue weighted by Crippen LogP contribution is -2.47. The summed E-state index contributed by atoms with van der Waals surface area (Å²) < 4.78 is 4.87. The zero-order valence-electron chi connectivity index (χ0n) is 13.2. The number of rotatable bonds is 5. The van der Waals surface area contributed by atoms with Gasteiger partial charge in [0.05, 0.1) is 5.69 Å². The van der Waals surface area contributed by atoms with Crippen molar-refractivity contribution in [2.75, 3.05) is 43.4 Å². The molecule has 7 nitrogen and oxygen atoms in total. The van der Waals surface area contributed by atoms with E-state index < -0.39 is 0 Å². The molecule has 0 aromatic carbocycles. The molecule has 1 aliphatic heterocycles. The summed E-state index contributed by atoms with van der Waals surface area (Å²) >= 11 is 0. The minimum atomic E-state index is 0.0439. The van der Waals surface area contributed by atoms with Gasteiger partial charge in [0, 0.05) is 57.0 Å². The third-order valence-electron chi connectivity index (χ3n) is 4.11. The average Bonchev–Trinajstić information content (AvgIpc) is 2.99. The third-order valence-corrected chi connectivity index (χ3v) is 4.11. The molecule has 2 aromatic heterocycles. The fourth-order valence-electron chi connectivity index (χ4n) is 2.70. The normalized spacial score (nSPS) is 15.8. The number of aromatic nitrogens is 2. The standard InChI is InChI=1S/C16H21N5O2/c1-12(22)13-2-3-16(18-11-13)21-8-6-20(7-9-21)5-4-14-10-15(17)23-19-14/h2-3,10-11H,4-9,17H2,1H3. The Morgan fingerprint density at radius 2 is 2.09 bits per heavy atom. The van der Waals surface area contributed by atoms with Crippen molar-refractivity contribution >= 4 is 17.5 Å². The zero-order chi connectivity index (χ0) is 16.2. The molecule has 0 bridgehead atoms. The lowest BCUT2D eigenvalue weighted by atomic mass is 10.2. The number of hydrogen-bond acceptors (Lipinski definition) is 7. The molecular weight excluding hydrogens is 294 g/mol. The second kappa shape index (κ2) is 6.78. The van der Waals surface area contributed by atoms with Gasteiger partial charge in [0.15, 0.2) is 5.78 Å². The summed E-state index contributed by atoms with van der Waals surface area (Å²) in [5.74, 6) is 1.34. The molecule has 0 atom stereocenters. The predicted octanol–water partition coefficient (Wildman–Crippen LogP) is 1.22. The number of nitrogens with zero attached hydrogens (tertiary/aromatic N) is 4. The van der Waals surface area contributed by atoms with Crippen molar-refractivity contribution in [1.29, 1.82) is 0 Å². The number of hydrogen-bond donors (Lipinski definition) is 1. The molecule has 1 saturated heterocycles. The van der Waals surface area contributed by atoms with E-state index in [1.807, 2.05) is 12.1 Å². The van der Waals surface area contributed by atoms with Crippen LogP contribution in [0.5, 0.6) is 0 Å². The minimum Gasteiger partial charge on any atom is -0.368 e. The highest BCUT2D eigenvalue weighted by Gasteiger charge is 2.18. The van der Waals surface area contributed by atoms with Gasteiger partial charge in [-0.15, -0.1) is 0 Å². The van der Waals surface area contributed by atoms with E-state index in [-0.39, 0.29) is 5.78 Å². The van der Waals surface area contributed by atoms with Crippen LogP contribution in [0.3, 0.4) is 0 Å². The van der Waals surface area contributed by atoms with Crippen LogP contribution >= 0.6 is 0 Å². The quantitative estimate of drug-likeness (QED) is 0.830. The summed E-state index contributed by atoms with van der Waals surface area (Å²) in [6.45, 7) is 6.29. The SMILES string of the molecule is CC(=O)c1ccc(N2CCN(CCc3cc(N)on3)CC2)nc1. The van der Waals surface area contributed by atoms with Gasteiger partial charge in [-0.05, 0) is 19.1 Å². The molecule has 0 saturated carbocycles. The molecule has 1 fully saturated rings. The fraction of sp³-hybridized carbons (Fsp3) is 0.438. The van der Waals surface area contributed by atoms with Crippen LogP contribution in [0.2, 0.25) is 0 Å². The van der Waals surface area contributed by atoms with Crippen LogP contribution < -0.4 is 10.6 Å². The van der Waals surface area contributed by atoms with E-state index in [1.165, 1.54) is 0 Å². The third kappa shape index (κ3) is 3.87. The Balaban J connectivity index is 1.49. The van der Waals surface area contributed by atoms with Crippen LogP contribution in [-0.2, 0) is 6.42 Å². The van der Waals surface area contributed by atoms with Crippen molar-refractivity contribution in [2.45, 2.75) is 13.3 Å². The molecule has 3 rings (SSSR count). The molecule has 23 heavy (non-hydrogen) atoms. The van der Waals surface area contributed by atoms with Crippen molar-refractivity contribution in [3.63, 3.8) is 0 Å². The second-order valence-electron chi connectivity index (χ2n) is 5.76. The molecule has 0 amide bonds. The van der Waals surface area contributed by atoms with Gasteiger partial charge in [-0.3, -0.25) is 9.69 Å². The molecule has 0 aliphatic carbocycles. The lowest BCUT2D eigenvalue weighted by molar-refractivity contribution is 0.101. The van der Waals surface area contributed by atoms with Crippen molar-refractivity contribution < 1.29 is 9.32 Å². The van der Waals surface area contributed by atoms with Gasteiger partial charge in [-0.25, -0.2) is 4.98 Å². The Morgan fingerprint density at radius 3 is 2.65 bits per heavy atom. The van der Waals surface area contributed by atoms with Crippen molar-refractivity contribution in [2.24, 2.45) is 0 Å². The fourth-order valence-corrected chi connectivity index (χ4v) is 2.70. The first-order chi connectivity index (χ1) is 11.1. The lowest BCUT2D eigenvalue weighted by Gasteiger charge is -2.35. The molecule has 2 aromatic rings. The van der Waals surface area contributed by atoms with E-state index in [4.69, 9.17) is 10.3 Å². The predicted molar refractivity (Wildman–Crippen MR) is 87.5 cm³/mol. The number of carbonyl (C=O) groups is 1. The maximum atomic E-state index is 11.3. The largest absolute Gasteiger partial charge is 0.368 e. The number of carbonyl (C=O) groups excluding carboxylic acids is 1. The highest BCUT2D eigenvalue weighted by Crippen LogP contribution is 2.15. The maximum absolute atomic E-state index is 11.3. The number of nitrogens with two attached hydrogens (primary N) is 1. The number of anilines is 2. The number of ketones is 1. The Morgan fingerprint density at radius 1 is 1.30 bits per heavy atom. The van der Waals surface area contributed by atoms with Crippen LogP contribution in [-0.4, -0.2) is 53.5 Å². The van der Waals surface area contributed by atoms with Gasteiger partial charge < -0.3 is 15.2 Å². The average molecular weight is 315 g/mol. The molecule has 122 valence electrons. The Labute approximate surface area is 135 Å². The summed E-state index contributed by atoms with van der Waals surface area (Å²) in [4.78, 5) is 20.3. The molecule has 0 unspecified atom stereocenters. The van der Waals surface area contributed by atoms with Gasteiger partial charge in [-0.2, -0.15) is 0 Å². The van der Waals surface area contributed by atoms with E-state index in [0.29, 0.717) is 11.4 Å². The topological polar surface area (TPSA) is 88.5 Å². The van der Waals surface area contributed by atoms with Crippen molar-refractivity contribution in [3.05, 3.63) is 35.7 Å². The van der Waals surface area contributed by atoms with Crippen molar-refractivity contribution in [3.8, 4) is 0 Å².